The lowest BCUT2D eigenvalue weighted by atomic mass is 10.2. The molecule has 140 valence electrons. The molecule has 8 nitrogen and oxygen atoms in total. The number of rotatable bonds is 6. The number of hydrogen-bond acceptors (Lipinski definition) is 8. The van der Waals surface area contributed by atoms with Gasteiger partial charge in [-0.1, -0.05) is 6.07 Å². The third-order valence-electron chi connectivity index (χ3n) is 3.74. The Morgan fingerprint density at radius 2 is 1.74 bits per heavy atom. The zero-order chi connectivity index (χ0) is 19.4. The zero-order valence-corrected chi connectivity index (χ0v) is 15.4. The molecule has 0 fully saturated rings. The highest BCUT2D eigenvalue weighted by Gasteiger charge is 2.18. The van der Waals surface area contributed by atoms with Crippen molar-refractivity contribution in [2.45, 2.75) is 6.92 Å². The predicted octanol–water partition coefficient (Wildman–Crippen LogP) is 3.53. The minimum absolute atomic E-state index is 0.182. The average Bonchev–Trinajstić information content (AvgIpc) is 3.05. The van der Waals surface area contributed by atoms with Crippen molar-refractivity contribution in [2.75, 3.05) is 21.3 Å². The Bertz CT molecular complexity index is 956. The maximum atomic E-state index is 10.1. The second-order valence-corrected chi connectivity index (χ2v) is 5.52. The molecule has 2 heterocycles. The standard InChI is InChI=1S/C19H19N3O5/c1-11-6-5-7-16(21-11)20-10-13-19(23)27-18(22-13)12-8-14(24-2)17(26-4)15(9-12)25-3/h5-10,23H,1-4H3. The summed E-state index contributed by atoms with van der Waals surface area (Å²) in [6, 6.07) is 8.82. The lowest BCUT2D eigenvalue weighted by Crippen LogP contribution is -1.95. The number of hydrogen-bond donors (Lipinski definition) is 1. The first-order chi connectivity index (χ1) is 13.0. The number of methoxy groups -OCH3 is 3. The van der Waals surface area contributed by atoms with Crippen LogP contribution in [0.3, 0.4) is 0 Å². The Balaban J connectivity index is 1.96. The number of oxazole rings is 1. The molecule has 0 spiro atoms. The van der Waals surface area contributed by atoms with Crippen LogP contribution in [0.4, 0.5) is 5.82 Å². The zero-order valence-electron chi connectivity index (χ0n) is 15.4. The third-order valence-corrected chi connectivity index (χ3v) is 3.74. The number of aryl methyl sites for hydroxylation is 1. The quantitative estimate of drug-likeness (QED) is 0.664. The first-order valence-electron chi connectivity index (χ1n) is 8.03. The molecule has 0 saturated heterocycles. The fourth-order valence-corrected chi connectivity index (χ4v) is 2.46. The topological polar surface area (TPSA) is 99.2 Å². The molecular formula is C19H19N3O5. The fraction of sp³-hybridized carbons (Fsp3) is 0.211. The van der Waals surface area contributed by atoms with Crippen molar-refractivity contribution < 1.29 is 23.7 Å². The third kappa shape index (κ3) is 3.84. The van der Waals surface area contributed by atoms with Crippen LogP contribution in [-0.2, 0) is 0 Å². The van der Waals surface area contributed by atoms with Crippen LogP contribution in [-0.4, -0.2) is 42.6 Å². The van der Waals surface area contributed by atoms with Gasteiger partial charge in [-0.05, 0) is 31.2 Å². The molecule has 0 amide bonds. The van der Waals surface area contributed by atoms with Crippen LogP contribution >= 0.6 is 0 Å². The molecule has 27 heavy (non-hydrogen) atoms. The summed E-state index contributed by atoms with van der Waals surface area (Å²) in [5, 5.41) is 10.1. The molecule has 8 heteroatoms. The van der Waals surface area contributed by atoms with E-state index in [9.17, 15) is 5.11 Å². The molecule has 1 N–H and O–H groups in total. The van der Waals surface area contributed by atoms with Crippen LogP contribution < -0.4 is 14.2 Å². The summed E-state index contributed by atoms with van der Waals surface area (Å²) in [5.41, 5.74) is 1.57. The first-order valence-corrected chi connectivity index (χ1v) is 8.03. The number of pyridine rings is 1. The SMILES string of the molecule is COc1cc(-c2nc(C=Nc3cccc(C)n3)c(O)o2)cc(OC)c1OC. The Morgan fingerprint density at radius 1 is 1.04 bits per heavy atom. The number of aliphatic imine (C=N–C) groups is 1. The number of aromatic nitrogens is 2. The van der Waals surface area contributed by atoms with Gasteiger partial charge in [0, 0.05) is 11.3 Å². The van der Waals surface area contributed by atoms with Crippen molar-refractivity contribution in [3.8, 4) is 34.6 Å². The second kappa shape index (κ2) is 7.77. The van der Waals surface area contributed by atoms with Gasteiger partial charge < -0.3 is 23.7 Å². The van der Waals surface area contributed by atoms with Gasteiger partial charge in [0.2, 0.25) is 11.6 Å². The summed E-state index contributed by atoms with van der Waals surface area (Å²) in [5.74, 6) is 1.69. The normalized spacial score (nSPS) is 11.0. The van der Waals surface area contributed by atoms with Crippen LogP contribution in [0.1, 0.15) is 11.4 Å². The highest BCUT2D eigenvalue weighted by Crippen LogP contribution is 2.41. The summed E-state index contributed by atoms with van der Waals surface area (Å²) in [7, 11) is 4.55. The van der Waals surface area contributed by atoms with Crippen LogP contribution in [0.25, 0.3) is 11.5 Å². The molecule has 0 bridgehead atoms. The average molecular weight is 369 g/mol. The van der Waals surface area contributed by atoms with Crippen LogP contribution in [0, 0.1) is 6.92 Å². The number of benzene rings is 1. The maximum Gasteiger partial charge on any atom is 0.312 e. The maximum absolute atomic E-state index is 10.1. The first kappa shape index (κ1) is 18.2. The molecule has 0 aliphatic heterocycles. The van der Waals surface area contributed by atoms with Crippen molar-refractivity contribution in [2.24, 2.45) is 4.99 Å². The molecule has 3 aromatic rings. The number of aromatic hydroxyl groups is 1. The summed E-state index contributed by atoms with van der Waals surface area (Å²) in [6.45, 7) is 1.87. The lowest BCUT2D eigenvalue weighted by Gasteiger charge is -2.12. The van der Waals surface area contributed by atoms with E-state index in [-0.39, 0.29) is 17.5 Å². The monoisotopic (exact) mass is 369 g/mol. The molecule has 0 atom stereocenters. The molecule has 0 radical (unpaired) electrons. The molecule has 0 aliphatic rings. The van der Waals surface area contributed by atoms with Gasteiger partial charge in [-0.15, -0.1) is 0 Å². The van der Waals surface area contributed by atoms with Crippen molar-refractivity contribution in [3.63, 3.8) is 0 Å². The van der Waals surface area contributed by atoms with Gasteiger partial charge in [-0.3, -0.25) is 0 Å². The molecule has 1 aromatic carbocycles. The number of ether oxygens (including phenoxy) is 3. The van der Waals surface area contributed by atoms with E-state index >= 15 is 0 Å². The van der Waals surface area contributed by atoms with E-state index in [4.69, 9.17) is 18.6 Å². The van der Waals surface area contributed by atoms with Gasteiger partial charge in [0.25, 0.3) is 0 Å². The van der Waals surface area contributed by atoms with Crippen LogP contribution in [0.15, 0.2) is 39.7 Å². The van der Waals surface area contributed by atoms with Gasteiger partial charge in [0.05, 0.1) is 27.5 Å². The molecule has 2 aromatic heterocycles. The number of nitrogens with zero attached hydrogens (tertiary/aromatic N) is 3. The summed E-state index contributed by atoms with van der Waals surface area (Å²) >= 11 is 0. The highest BCUT2D eigenvalue weighted by atomic mass is 16.5. The van der Waals surface area contributed by atoms with E-state index in [1.165, 1.54) is 27.5 Å². The summed E-state index contributed by atoms with van der Waals surface area (Å²) in [6.07, 6.45) is 1.39. The van der Waals surface area contributed by atoms with Gasteiger partial charge in [0.1, 0.15) is 0 Å². The summed E-state index contributed by atoms with van der Waals surface area (Å²) < 4.78 is 21.3. The lowest BCUT2D eigenvalue weighted by molar-refractivity contribution is 0.323. The van der Waals surface area contributed by atoms with Crippen LogP contribution in [0.5, 0.6) is 23.2 Å². The van der Waals surface area contributed by atoms with E-state index in [0.717, 1.165) is 5.69 Å². The predicted molar refractivity (Wildman–Crippen MR) is 99.5 cm³/mol. The van der Waals surface area contributed by atoms with Gasteiger partial charge in [0.15, 0.2) is 23.0 Å². The largest absolute Gasteiger partial charge is 0.493 e. The fourth-order valence-electron chi connectivity index (χ4n) is 2.46. The summed E-state index contributed by atoms with van der Waals surface area (Å²) in [4.78, 5) is 12.8. The molecule has 0 unspecified atom stereocenters. The minimum atomic E-state index is -0.352. The minimum Gasteiger partial charge on any atom is -0.493 e. The van der Waals surface area contributed by atoms with Crippen molar-refractivity contribution in [1.29, 1.82) is 0 Å². The van der Waals surface area contributed by atoms with Crippen LogP contribution in [0.2, 0.25) is 0 Å². The Morgan fingerprint density at radius 3 is 2.33 bits per heavy atom. The van der Waals surface area contributed by atoms with Crippen molar-refractivity contribution >= 4 is 12.0 Å². The van der Waals surface area contributed by atoms with Crippen molar-refractivity contribution in [1.82, 2.24) is 9.97 Å². The van der Waals surface area contributed by atoms with Gasteiger partial charge in [-0.2, -0.15) is 0 Å². The van der Waals surface area contributed by atoms with E-state index in [1.807, 2.05) is 19.1 Å². The molecule has 0 aliphatic carbocycles. The Labute approximate surface area is 156 Å². The van der Waals surface area contributed by atoms with E-state index in [1.54, 1.807) is 18.2 Å². The molecule has 3 rings (SSSR count). The molecular weight excluding hydrogens is 350 g/mol. The van der Waals surface area contributed by atoms with E-state index in [0.29, 0.717) is 28.6 Å². The van der Waals surface area contributed by atoms with Gasteiger partial charge in [-0.25, -0.2) is 15.0 Å². The molecule has 0 saturated carbocycles. The van der Waals surface area contributed by atoms with E-state index in [2.05, 4.69) is 15.0 Å². The Hall–Kier alpha value is -3.55. The smallest absolute Gasteiger partial charge is 0.312 e. The highest BCUT2D eigenvalue weighted by molar-refractivity contribution is 5.82. The second-order valence-electron chi connectivity index (χ2n) is 5.52. The Kier molecular flexibility index (Phi) is 5.25. The van der Waals surface area contributed by atoms with Gasteiger partial charge >= 0.3 is 5.95 Å². The van der Waals surface area contributed by atoms with Crippen molar-refractivity contribution in [3.05, 3.63) is 41.7 Å². The van der Waals surface area contributed by atoms with E-state index < -0.39 is 0 Å².